The number of hydrogen-bond acceptors (Lipinski definition) is 6. The number of ether oxygens (including phenoxy) is 3. The van der Waals surface area contributed by atoms with Crippen molar-refractivity contribution < 1.29 is 28.6 Å². The van der Waals surface area contributed by atoms with E-state index in [1.54, 1.807) is 0 Å². The zero-order valence-corrected chi connectivity index (χ0v) is 20.1. The highest BCUT2D eigenvalue weighted by Crippen LogP contribution is 2.29. The maximum absolute atomic E-state index is 13.2. The largest absolute Gasteiger partial charge is 0.490 e. The summed E-state index contributed by atoms with van der Waals surface area (Å²) in [5, 5.41) is 1.34. The zero-order valence-electron chi connectivity index (χ0n) is 20.1. The van der Waals surface area contributed by atoms with Crippen LogP contribution in [-0.4, -0.2) is 60.5 Å². The van der Waals surface area contributed by atoms with Crippen molar-refractivity contribution in [1.82, 2.24) is 4.90 Å². The molecule has 8 heteroatoms. The van der Waals surface area contributed by atoms with Gasteiger partial charge in [-0.15, -0.1) is 0 Å². The highest BCUT2D eigenvalue weighted by atomic mass is 16.7. The van der Waals surface area contributed by atoms with E-state index in [2.05, 4.69) is 0 Å². The van der Waals surface area contributed by atoms with Crippen molar-refractivity contribution in [2.75, 3.05) is 31.4 Å². The van der Waals surface area contributed by atoms with Crippen LogP contribution >= 0.6 is 0 Å². The van der Waals surface area contributed by atoms with Crippen LogP contribution in [-0.2, 0) is 19.1 Å². The number of carbonyl (C=O) groups excluding carboxylic acids is 2. The van der Waals surface area contributed by atoms with Crippen molar-refractivity contribution in [1.29, 1.82) is 0 Å². The van der Waals surface area contributed by atoms with Gasteiger partial charge in [0.1, 0.15) is 17.5 Å². The van der Waals surface area contributed by atoms with Crippen LogP contribution in [0.2, 0.25) is 0 Å². The molecule has 2 amide bonds. The molecule has 1 aromatic rings. The number of carbonyl (C=O) groups is 2. The van der Waals surface area contributed by atoms with Crippen LogP contribution in [0.25, 0.3) is 0 Å². The van der Waals surface area contributed by atoms with Crippen LogP contribution in [0.5, 0.6) is 5.75 Å². The van der Waals surface area contributed by atoms with Crippen LogP contribution in [0, 0.1) is 5.92 Å². The molecule has 0 bridgehead atoms. The Balaban J connectivity index is 1.64. The number of nitrogens with zero attached hydrogens (tertiary/aromatic N) is 2. The van der Waals surface area contributed by atoms with Crippen LogP contribution < -0.4 is 9.80 Å². The molecule has 2 aliphatic heterocycles. The molecule has 2 saturated heterocycles. The van der Waals surface area contributed by atoms with Gasteiger partial charge in [-0.25, -0.2) is 4.79 Å². The van der Waals surface area contributed by atoms with Gasteiger partial charge in [0.25, 0.3) is 5.91 Å². The van der Waals surface area contributed by atoms with Gasteiger partial charge in [-0.1, -0.05) is 0 Å². The number of likely N-dealkylation sites (tertiary alicyclic amines) is 1. The summed E-state index contributed by atoms with van der Waals surface area (Å²) in [4.78, 5) is 33.0. The van der Waals surface area contributed by atoms with Gasteiger partial charge >= 0.3 is 6.09 Å². The first-order valence-corrected chi connectivity index (χ1v) is 11.3. The van der Waals surface area contributed by atoms with Gasteiger partial charge in [0.05, 0.1) is 30.4 Å². The maximum atomic E-state index is 13.2. The molecular formula is C24H36N2O6. The molecule has 0 spiro atoms. The van der Waals surface area contributed by atoms with E-state index in [4.69, 9.17) is 19.0 Å². The minimum Gasteiger partial charge on any atom is -0.490 e. The molecule has 3 rings (SSSR count). The third-order valence-electron chi connectivity index (χ3n) is 4.99. The lowest BCUT2D eigenvalue weighted by Crippen LogP contribution is -2.58. The monoisotopic (exact) mass is 448 g/mol. The molecule has 0 saturated carbocycles. The van der Waals surface area contributed by atoms with Crippen LogP contribution in [0.1, 0.15) is 54.4 Å². The Bertz CT molecular complexity index is 784. The minimum absolute atomic E-state index is 0.145. The van der Waals surface area contributed by atoms with Crippen molar-refractivity contribution in [3.63, 3.8) is 0 Å². The second-order valence-electron chi connectivity index (χ2n) is 10.3. The molecule has 0 aliphatic carbocycles. The molecule has 0 atom stereocenters. The number of anilines is 1. The Hall–Kier alpha value is -2.32. The summed E-state index contributed by atoms with van der Waals surface area (Å²) in [6.07, 6.45) is 1.48. The Morgan fingerprint density at radius 3 is 2.09 bits per heavy atom. The van der Waals surface area contributed by atoms with E-state index in [-0.39, 0.29) is 17.9 Å². The summed E-state index contributed by atoms with van der Waals surface area (Å²) in [5.74, 6) is 0.226. The Morgan fingerprint density at radius 1 is 0.969 bits per heavy atom. The molecule has 1 aromatic carbocycles. The topological polar surface area (TPSA) is 77.5 Å². The normalized spacial score (nSPS) is 18.1. The first kappa shape index (κ1) is 24.3. The molecule has 2 fully saturated rings. The molecule has 0 N–H and O–H groups in total. The standard InChI is InChI=1S/C24H36N2O6/c1-23(2,3)31-22(28)25-15-17(16-25)21(27)26(32-24(4,5)6)18-7-9-19(10-8-18)30-20-11-13-29-14-12-20/h7-10,17,20H,11-16H2,1-6H3. The van der Waals surface area contributed by atoms with Gasteiger partial charge in [0, 0.05) is 25.9 Å². The van der Waals surface area contributed by atoms with Crippen LogP contribution in [0.3, 0.4) is 0 Å². The number of hydroxylamine groups is 1. The number of hydrogen-bond donors (Lipinski definition) is 0. The number of rotatable bonds is 5. The van der Waals surface area contributed by atoms with E-state index in [0.29, 0.717) is 32.0 Å². The van der Waals surface area contributed by atoms with E-state index in [1.165, 1.54) is 9.96 Å². The first-order chi connectivity index (χ1) is 14.9. The summed E-state index contributed by atoms with van der Waals surface area (Å²) in [7, 11) is 0. The summed E-state index contributed by atoms with van der Waals surface area (Å²) >= 11 is 0. The lowest BCUT2D eigenvalue weighted by molar-refractivity contribution is -0.141. The third kappa shape index (κ3) is 6.84. The highest BCUT2D eigenvalue weighted by molar-refractivity contribution is 5.95. The highest BCUT2D eigenvalue weighted by Gasteiger charge is 2.41. The van der Waals surface area contributed by atoms with Crippen molar-refractivity contribution in [2.24, 2.45) is 5.92 Å². The summed E-state index contributed by atoms with van der Waals surface area (Å²) in [6.45, 7) is 13.2. The fourth-order valence-electron chi connectivity index (χ4n) is 3.42. The Kier molecular flexibility index (Phi) is 7.35. The van der Waals surface area contributed by atoms with Gasteiger partial charge in [0.15, 0.2) is 0 Å². The van der Waals surface area contributed by atoms with Gasteiger partial charge in [0.2, 0.25) is 0 Å². The molecule has 32 heavy (non-hydrogen) atoms. The lowest BCUT2D eigenvalue weighted by Gasteiger charge is -2.41. The first-order valence-electron chi connectivity index (χ1n) is 11.3. The fraction of sp³-hybridized carbons (Fsp3) is 0.667. The predicted octanol–water partition coefficient (Wildman–Crippen LogP) is 4.17. The van der Waals surface area contributed by atoms with Crippen molar-refractivity contribution in [2.45, 2.75) is 71.7 Å². The summed E-state index contributed by atoms with van der Waals surface area (Å²) in [6, 6.07) is 7.35. The molecule has 0 unspecified atom stereocenters. The van der Waals surface area contributed by atoms with E-state index < -0.39 is 17.3 Å². The molecule has 8 nitrogen and oxygen atoms in total. The molecule has 0 radical (unpaired) electrons. The van der Waals surface area contributed by atoms with E-state index >= 15 is 0 Å². The summed E-state index contributed by atoms with van der Waals surface area (Å²) < 4.78 is 16.8. The molecule has 2 heterocycles. The van der Waals surface area contributed by atoms with E-state index in [0.717, 1.165) is 18.6 Å². The lowest BCUT2D eigenvalue weighted by atomic mass is 9.99. The fourth-order valence-corrected chi connectivity index (χ4v) is 3.42. The van der Waals surface area contributed by atoms with E-state index in [9.17, 15) is 9.59 Å². The van der Waals surface area contributed by atoms with Gasteiger partial charge in [-0.2, -0.15) is 5.06 Å². The quantitative estimate of drug-likeness (QED) is 0.629. The maximum Gasteiger partial charge on any atom is 0.410 e. The molecular weight excluding hydrogens is 412 g/mol. The average Bonchev–Trinajstić information content (AvgIpc) is 2.64. The Morgan fingerprint density at radius 2 is 1.56 bits per heavy atom. The molecule has 0 aromatic heterocycles. The smallest absolute Gasteiger partial charge is 0.410 e. The van der Waals surface area contributed by atoms with Crippen molar-refractivity contribution >= 4 is 17.7 Å². The van der Waals surface area contributed by atoms with Gasteiger partial charge < -0.3 is 19.1 Å². The minimum atomic E-state index is -0.568. The molecule has 2 aliphatic rings. The Labute approximate surface area is 190 Å². The van der Waals surface area contributed by atoms with Gasteiger partial charge in [-0.05, 0) is 65.8 Å². The second kappa shape index (κ2) is 9.67. The molecule has 178 valence electrons. The second-order valence-corrected chi connectivity index (χ2v) is 10.3. The van der Waals surface area contributed by atoms with Gasteiger partial charge in [-0.3, -0.25) is 9.63 Å². The van der Waals surface area contributed by atoms with Crippen molar-refractivity contribution in [3.05, 3.63) is 24.3 Å². The van der Waals surface area contributed by atoms with Crippen LogP contribution in [0.4, 0.5) is 10.5 Å². The van der Waals surface area contributed by atoms with E-state index in [1.807, 2.05) is 65.8 Å². The van der Waals surface area contributed by atoms with Crippen LogP contribution in [0.15, 0.2) is 24.3 Å². The number of amides is 2. The average molecular weight is 449 g/mol. The number of benzene rings is 1. The third-order valence-corrected chi connectivity index (χ3v) is 4.99. The van der Waals surface area contributed by atoms with Crippen molar-refractivity contribution in [3.8, 4) is 5.75 Å². The zero-order chi connectivity index (χ0) is 23.5. The predicted molar refractivity (Wildman–Crippen MR) is 121 cm³/mol. The summed E-state index contributed by atoms with van der Waals surface area (Å²) in [5.41, 5.74) is -0.510. The SMILES string of the molecule is CC(C)(C)OC(=O)N1CC(C(=O)N(OC(C)(C)C)c2ccc(OC3CCOCC3)cc2)C1.